The second-order valence-electron chi connectivity index (χ2n) is 6.44. The molecule has 144 valence electrons. The van der Waals surface area contributed by atoms with E-state index in [-0.39, 0.29) is 30.7 Å². The van der Waals surface area contributed by atoms with Crippen molar-refractivity contribution in [2.75, 3.05) is 6.54 Å². The molecule has 1 saturated carbocycles. The number of hydrogen-bond acceptors (Lipinski definition) is 5. The zero-order valence-electron chi connectivity index (χ0n) is 14.6. The van der Waals surface area contributed by atoms with Crippen molar-refractivity contribution in [3.8, 4) is 11.3 Å². The van der Waals surface area contributed by atoms with Gasteiger partial charge in [-0.1, -0.05) is 19.3 Å². The molecule has 2 aromatic rings. The molecule has 2 aromatic heterocycles. The van der Waals surface area contributed by atoms with E-state index in [1.165, 1.54) is 6.42 Å². The summed E-state index contributed by atoms with van der Waals surface area (Å²) < 4.78 is 0. The molecule has 5 nitrogen and oxygen atoms in total. The first-order valence-electron chi connectivity index (χ1n) is 8.59. The summed E-state index contributed by atoms with van der Waals surface area (Å²) in [5.74, 6) is 0.0128. The number of carbonyl (C=O) groups is 1. The average molecular weight is 417 g/mol. The molecule has 8 heteroatoms. The lowest BCUT2D eigenvalue weighted by atomic mass is 9.82. The molecule has 1 amide bonds. The minimum atomic E-state index is -0.645. The van der Waals surface area contributed by atoms with Crippen molar-refractivity contribution < 1.29 is 4.79 Å². The molecule has 0 radical (unpaired) electrons. The van der Waals surface area contributed by atoms with Crippen LogP contribution in [0.4, 0.5) is 0 Å². The molecular formula is C18H26Cl2N4OS. The highest BCUT2D eigenvalue weighted by molar-refractivity contribution is 7.09. The van der Waals surface area contributed by atoms with Crippen molar-refractivity contribution in [1.82, 2.24) is 15.3 Å². The van der Waals surface area contributed by atoms with Gasteiger partial charge in [-0.15, -0.1) is 36.2 Å². The van der Waals surface area contributed by atoms with E-state index in [1.807, 2.05) is 12.1 Å². The molecular weight excluding hydrogens is 391 g/mol. The van der Waals surface area contributed by atoms with Crippen LogP contribution in [0.3, 0.4) is 0 Å². The van der Waals surface area contributed by atoms with Gasteiger partial charge in [-0.05, 0) is 31.4 Å². The predicted octanol–water partition coefficient (Wildman–Crippen LogP) is 3.76. The summed E-state index contributed by atoms with van der Waals surface area (Å²) in [5, 5.41) is 6.17. The number of aromatic nitrogens is 2. The molecule has 3 N–H and O–H groups in total. The Morgan fingerprint density at radius 3 is 2.58 bits per heavy atom. The molecule has 1 aliphatic carbocycles. The molecule has 2 heterocycles. The predicted molar refractivity (Wildman–Crippen MR) is 111 cm³/mol. The first-order chi connectivity index (χ1) is 11.7. The van der Waals surface area contributed by atoms with Crippen molar-refractivity contribution in [2.24, 2.45) is 5.73 Å². The second-order valence-corrected chi connectivity index (χ2v) is 7.38. The van der Waals surface area contributed by atoms with Crippen LogP contribution in [0, 0.1) is 0 Å². The standard InChI is InChI=1S/C18H24N4OS.2ClH/c19-18(8-2-1-3-9-18)17(23)21-10-4-5-16-22-15(13-24-16)14-6-11-20-12-7-14;;/h6-7,11-13H,1-5,8-10,19H2,(H,21,23);2*1H. The number of thiazole rings is 1. The van der Waals surface area contributed by atoms with Crippen molar-refractivity contribution >= 4 is 42.1 Å². The maximum atomic E-state index is 12.3. The number of aryl methyl sites for hydroxylation is 1. The van der Waals surface area contributed by atoms with E-state index in [4.69, 9.17) is 5.73 Å². The van der Waals surface area contributed by atoms with Gasteiger partial charge in [-0.3, -0.25) is 9.78 Å². The number of nitrogens with two attached hydrogens (primary N) is 1. The van der Waals surface area contributed by atoms with Gasteiger partial charge in [0.05, 0.1) is 16.2 Å². The fourth-order valence-electron chi connectivity index (χ4n) is 3.11. The third-order valence-corrected chi connectivity index (χ3v) is 5.49. The number of amides is 1. The molecule has 0 spiro atoms. The average Bonchev–Trinajstić information content (AvgIpc) is 3.09. The molecule has 0 saturated heterocycles. The molecule has 0 aliphatic heterocycles. The van der Waals surface area contributed by atoms with Crippen LogP contribution in [0.25, 0.3) is 11.3 Å². The maximum Gasteiger partial charge on any atom is 0.240 e. The van der Waals surface area contributed by atoms with Crippen molar-refractivity contribution in [3.63, 3.8) is 0 Å². The Morgan fingerprint density at radius 2 is 1.88 bits per heavy atom. The van der Waals surface area contributed by atoms with E-state index in [0.29, 0.717) is 6.54 Å². The lowest BCUT2D eigenvalue weighted by Gasteiger charge is -2.31. The number of nitrogens with one attached hydrogen (secondary N) is 1. The van der Waals surface area contributed by atoms with Gasteiger partial charge in [0.2, 0.25) is 5.91 Å². The van der Waals surface area contributed by atoms with Crippen LogP contribution in [0.1, 0.15) is 43.5 Å². The Hall–Kier alpha value is -1.21. The van der Waals surface area contributed by atoms with E-state index >= 15 is 0 Å². The number of pyridine rings is 1. The number of hydrogen-bond donors (Lipinski definition) is 2. The molecule has 3 rings (SSSR count). The fraction of sp³-hybridized carbons (Fsp3) is 0.500. The van der Waals surface area contributed by atoms with Crippen LogP contribution < -0.4 is 11.1 Å². The molecule has 0 unspecified atom stereocenters. The third-order valence-electron chi connectivity index (χ3n) is 4.58. The van der Waals surface area contributed by atoms with E-state index in [0.717, 1.165) is 54.8 Å². The third kappa shape index (κ3) is 5.91. The largest absolute Gasteiger partial charge is 0.354 e. The van der Waals surface area contributed by atoms with Gasteiger partial charge in [0.1, 0.15) is 0 Å². The lowest BCUT2D eigenvalue weighted by molar-refractivity contribution is -0.127. The molecule has 0 atom stereocenters. The van der Waals surface area contributed by atoms with Gasteiger partial charge in [0, 0.05) is 36.3 Å². The fourth-order valence-corrected chi connectivity index (χ4v) is 3.96. The highest BCUT2D eigenvalue weighted by Gasteiger charge is 2.34. The number of rotatable bonds is 6. The van der Waals surface area contributed by atoms with Crippen LogP contribution >= 0.6 is 36.2 Å². The van der Waals surface area contributed by atoms with Gasteiger partial charge in [-0.25, -0.2) is 4.98 Å². The summed E-state index contributed by atoms with van der Waals surface area (Å²) >= 11 is 1.66. The van der Waals surface area contributed by atoms with Crippen LogP contribution in [0.2, 0.25) is 0 Å². The van der Waals surface area contributed by atoms with Gasteiger partial charge < -0.3 is 11.1 Å². The second kappa shape index (κ2) is 10.8. The topological polar surface area (TPSA) is 80.9 Å². The van der Waals surface area contributed by atoms with Crippen molar-refractivity contribution in [2.45, 2.75) is 50.5 Å². The zero-order chi connectivity index (χ0) is 16.8. The van der Waals surface area contributed by atoms with Crippen molar-refractivity contribution in [1.29, 1.82) is 0 Å². The van der Waals surface area contributed by atoms with Crippen LogP contribution in [0.5, 0.6) is 0 Å². The summed E-state index contributed by atoms with van der Waals surface area (Å²) in [7, 11) is 0. The summed E-state index contributed by atoms with van der Waals surface area (Å²) in [6.07, 6.45) is 10.2. The van der Waals surface area contributed by atoms with Crippen molar-refractivity contribution in [3.05, 3.63) is 34.9 Å². The molecule has 0 aromatic carbocycles. The quantitative estimate of drug-likeness (QED) is 0.702. The van der Waals surface area contributed by atoms with Gasteiger partial charge in [-0.2, -0.15) is 0 Å². The Kier molecular flexibility index (Phi) is 9.50. The smallest absolute Gasteiger partial charge is 0.240 e. The summed E-state index contributed by atoms with van der Waals surface area (Å²) in [4.78, 5) is 20.9. The van der Waals surface area contributed by atoms with Gasteiger partial charge >= 0.3 is 0 Å². The molecule has 26 heavy (non-hydrogen) atoms. The Morgan fingerprint density at radius 1 is 1.19 bits per heavy atom. The van der Waals surface area contributed by atoms with Crippen LogP contribution in [0.15, 0.2) is 29.9 Å². The first-order valence-corrected chi connectivity index (χ1v) is 9.47. The Bertz CT molecular complexity index is 675. The summed E-state index contributed by atoms with van der Waals surface area (Å²) in [5.41, 5.74) is 7.67. The minimum absolute atomic E-state index is 0. The molecule has 1 fully saturated rings. The summed E-state index contributed by atoms with van der Waals surface area (Å²) in [6, 6.07) is 3.92. The highest BCUT2D eigenvalue weighted by atomic mass is 35.5. The number of halogens is 2. The number of carbonyl (C=O) groups excluding carboxylic acids is 1. The summed E-state index contributed by atoms with van der Waals surface area (Å²) in [6.45, 7) is 0.655. The van der Waals surface area contributed by atoms with Crippen LogP contribution in [-0.2, 0) is 11.2 Å². The maximum absolute atomic E-state index is 12.3. The Labute approximate surface area is 171 Å². The number of nitrogens with zero attached hydrogens (tertiary/aromatic N) is 2. The highest BCUT2D eigenvalue weighted by Crippen LogP contribution is 2.26. The SMILES string of the molecule is Cl.Cl.NC1(C(=O)NCCCc2nc(-c3ccncc3)cs2)CCCCC1. The van der Waals surface area contributed by atoms with Crippen LogP contribution in [-0.4, -0.2) is 28.0 Å². The lowest BCUT2D eigenvalue weighted by Crippen LogP contribution is -2.55. The van der Waals surface area contributed by atoms with E-state index in [2.05, 4.69) is 20.7 Å². The monoisotopic (exact) mass is 416 g/mol. The molecule has 1 aliphatic rings. The van der Waals surface area contributed by atoms with E-state index < -0.39 is 5.54 Å². The van der Waals surface area contributed by atoms with Gasteiger partial charge in [0.25, 0.3) is 0 Å². The minimum Gasteiger partial charge on any atom is -0.354 e. The van der Waals surface area contributed by atoms with E-state index in [9.17, 15) is 4.79 Å². The normalized spacial score (nSPS) is 15.4. The van der Waals surface area contributed by atoms with E-state index in [1.54, 1.807) is 23.7 Å². The molecule has 0 bridgehead atoms. The first kappa shape index (κ1) is 22.8. The Balaban J connectivity index is 0.00000169. The zero-order valence-corrected chi connectivity index (χ0v) is 17.1. The van der Waals surface area contributed by atoms with Gasteiger partial charge in [0.15, 0.2) is 0 Å².